The molecule has 1 fully saturated rings. The fourth-order valence-electron chi connectivity index (χ4n) is 3.26. The van der Waals surface area contributed by atoms with E-state index in [1.807, 2.05) is 32.9 Å². The summed E-state index contributed by atoms with van der Waals surface area (Å²) in [6.07, 6.45) is 1.02. The molecule has 0 saturated carbocycles. The molecule has 1 heterocycles. The lowest BCUT2D eigenvalue weighted by atomic mass is 10.1. The Kier molecular flexibility index (Phi) is 8.28. The Balaban J connectivity index is 1.77. The summed E-state index contributed by atoms with van der Waals surface area (Å²) in [4.78, 5) is 30.6. The highest BCUT2D eigenvalue weighted by Crippen LogP contribution is 2.13. The summed E-state index contributed by atoms with van der Waals surface area (Å²) in [7, 11) is 1.69. The second-order valence-electron chi connectivity index (χ2n) is 8.58. The third-order valence-corrected chi connectivity index (χ3v) is 4.93. The number of hydrogen-bond acceptors (Lipinski definition) is 4. The molecule has 1 aromatic carbocycles. The normalized spacial score (nSPS) is 16.5. The van der Waals surface area contributed by atoms with Crippen LogP contribution in [0.15, 0.2) is 24.3 Å². The fourth-order valence-corrected chi connectivity index (χ4v) is 3.39. The Labute approximate surface area is 173 Å². The van der Waals surface area contributed by atoms with Crippen LogP contribution in [0.5, 0.6) is 0 Å². The first-order valence-electron chi connectivity index (χ1n) is 9.86. The summed E-state index contributed by atoms with van der Waals surface area (Å²) in [5, 5.41) is 3.64. The zero-order valence-electron chi connectivity index (χ0n) is 17.5. The van der Waals surface area contributed by atoms with Crippen molar-refractivity contribution in [1.29, 1.82) is 0 Å². The number of halogens is 1. The number of nitrogens with one attached hydrogen (secondary N) is 1. The van der Waals surface area contributed by atoms with E-state index in [0.717, 1.165) is 44.2 Å². The highest BCUT2D eigenvalue weighted by Gasteiger charge is 2.21. The van der Waals surface area contributed by atoms with E-state index in [4.69, 9.17) is 11.6 Å². The Morgan fingerprint density at radius 2 is 1.68 bits per heavy atom. The van der Waals surface area contributed by atoms with E-state index in [1.165, 1.54) is 10.5 Å². The lowest BCUT2D eigenvalue weighted by Crippen LogP contribution is -2.48. The van der Waals surface area contributed by atoms with Crippen LogP contribution >= 0.6 is 11.6 Å². The second-order valence-corrected chi connectivity index (χ2v) is 9.02. The third-order valence-electron chi connectivity index (χ3n) is 4.68. The van der Waals surface area contributed by atoms with Crippen LogP contribution in [0.1, 0.15) is 32.8 Å². The van der Waals surface area contributed by atoms with Crippen LogP contribution < -0.4 is 5.32 Å². The number of nitrogens with zero attached hydrogens (tertiary/aromatic N) is 3. The average Bonchev–Trinajstić information content (AvgIpc) is 2.80. The molecule has 2 amide bonds. The number of carbonyl (C=O) groups is 2. The number of benzene rings is 1. The first-order valence-corrected chi connectivity index (χ1v) is 10.2. The van der Waals surface area contributed by atoms with Crippen molar-refractivity contribution in [3.05, 3.63) is 34.9 Å². The maximum absolute atomic E-state index is 12.5. The lowest BCUT2D eigenvalue weighted by molar-refractivity contribution is -0.136. The summed E-state index contributed by atoms with van der Waals surface area (Å²) in [5.41, 5.74) is 0.956. The van der Waals surface area contributed by atoms with E-state index in [1.54, 1.807) is 7.05 Å². The molecule has 1 N–H and O–H groups in total. The maximum Gasteiger partial charge on any atom is 0.240 e. The number of carbonyl (C=O) groups excluding carboxylic acids is 2. The Morgan fingerprint density at radius 3 is 2.32 bits per heavy atom. The molecule has 1 aromatic rings. The number of likely N-dealkylation sites (N-methyl/N-ethyl adjacent to an activating group) is 1. The van der Waals surface area contributed by atoms with Gasteiger partial charge in [-0.25, -0.2) is 0 Å². The molecule has 0 atom stereocenters. The first kappa shape index (κ1) is 22.7. The van der Waals surface area contributed by atoms with Gasteiger partial charge in [-0.2, -0.15) is 0 Å². The van der Waals surface area contributed by atoms with E-state index < -0.39 is 0 Å². The van der Waals surface area contributed by atoms with E-state index in [2.05, 4.69) is 27.2 Å². The Morgan fingerprint density at radius 1 is 1.07 bits per heavy atom. The molecule has 1 saturated heterocycles. The van der Waals surface area contributed by atoms with E-state index in [-0.39, 0.29) is 23.9 Å². The smallest absolute Gasteiger partial charge is 0.240 e. The molecular weight excluding hydrogens is 376 g/mol. The highest BCUT2D eigenvalue weighted by atomic mass is 35.5. The maximum atomic E-state index is 12.5. The predicted molar refractivity (Wildman–Crippen MR) is 113 cm³/mol. The fraction of sp³-hybridized carbons (Fsp3) is 0.619. The van der Waals surface area contributed by atoms with Gasteiger partial charge in [0.25, 0.3) is 0 Å². The van der Waals surface area contributed by atoms with Crippen LogP contribution in [0.3, 0.4) is 0 Å². The number of amides is 2. The van der Waals surface area contributed by atoms with Crippen molar-refractivity contribution >= 4 is 23.4 Å². The van der Waals surface area contributed by atoms with Crippen LogP contribution in [0, 0.1) is 0 Å². The van der Waals surface area contributed by atoms with Gasteiger partial charge in [0.1, 0.15) is 0 Å². The van der Waals surface area contributed by atoms with E-state index in [9.17, 15) is 9.59 Å². The van der Waals surface area contributed by atoms with Gasteiger partial charge >= 0.3 is 0 Å². The molecule has 0 unspecified atom stereocenters. The first-order chi connectivity index (χ1) is 13.1. The lowest BCUT2D eigenvalue weighted by Gasteiger charge is -2.26. The van der Waals surface area contributed by atoms with Crippen LogP contribution in [-0.4, -0.2) is 78.4 Å². The zero-order valence-corrected chi connectivity index (χ0v) is 18.3. The van der Waals surface area contributed by atoms with Gasteiger partial charge in [-0.3, -0.25) is 19.4 Å². The number of rotatable bonds is 6. The third kappa shape index (κ3) is 8.17. The Bertz CT molecular complexity index is 657. The summed E-state index contributed by atoms with van der Waals surface area (Å²) >= 11 is 5.96. The van der Waals surface area contributed by atoms with Gasteiger partial charge in [0, 0.05) is 37.2 Å². The zero-order chi connectivity index (χ0) is 20.7. The van der Waals surface area contributed by atoms with Gasteiger partial charge in [-0.05, 0) is 58.0 Å². The molecule has 0 radical (unpaired) electrons. The van der Waals surface area contributed by atoms with Crippen molar-refractivity contribution in [1.82, 2.24) is 20.0 Å². The van der Waals surface area contributed by atoms with Gasteiger partial charge in [0.2, 0.25) is 11.8 Å². The Hall–Kier alpha value is -1.63. The largest absolute Gasteiger partial charge is 0.350 e. The van der Waals surface area contributed by atoms with Gasteiger partial charge in [0.05, 0.1) is 13.1 Å². The van der Waals surface area contributed by atoms with Crippen molar-refractivity contribution in [2.24, 2.45) is 0 Å². The van der Waals surface area contributed by atoms with Gasteiger partial charge in [-0.15, -0.1) is 0 Å². The topological polar surface area (TPSA) is 55.9 Å². The molecule has 1 aliphatic rings. The summed E-state index contributed by atoms with van der Waals surface area (Å²) in [5.74, 6) is -0.149. The summed E-state index contributed by atoms with van der Waals surface area (Å²) < 4.78 is 0. The van der Waals surface area contributed by atoms with Crippen molar-refractivity contribution in [2.45, 2.75) is 39.3 Å². The molecule has 6 nitrogen and oxygen atoms in total. The van der Waals surface area contributed by atoms with E-state index in [0.29, 0.717) is 6.54 Å². The monoisotopic (exact) mass is 408 g/mol. The second kappa shape index (κ2) is 10.2. The van der Waals surface area contributed by atoms with Gasteiger partial charge in [0.15, 0.2) is 0 Å². The van der Waals surface area contributed by atoms with Gasteiger partial charge < -0.3 is 10.2 Å². The molecule has 1 aliphatic heterocycles. The van der Waals surface area contributed by atoms with Crippen LogP contribution in [0.2, 0.25) is 5.02 Å². The SMILES string of the molecule is CN(CC(=O)NC(C)(C)C)C(=O)CN1CCCN(Cc2ccc(Cl)cc2)CC1. The molecule has 28 heavy (non-hydrogen) atoms. The molecule has 156 valence electrons. The molecule has 7 heteroatoms. The van der Waals surface area contributed by atoms with Crippen LogP contribution in [0.4, 0.5) is 0 Å². The van der Waals surface area contributed by atoms with Crippen LogP contribution in [0.25, 0.3) is 0 Å². The van der Waals surface area contributed by atoms with Gasteiger partial charge in [-0.1, -0.05) is 23.7 Å². The summed E-state index contributed by atoms with van der Waals surface area (Å²) in [6.45, 7) is 10.8. The van der Waals surface area contributed by atoms with E-state index >= 15 is 0 Å². The summed E-state index contributed by atoms with van der Waals surface area (Å²) in [6, 6.07) is 7.97. The minimum atomic E-state index is -0.292. The molecule has 0 bridgehead atoms. The standard InChI is InChI=1S/C21H33ClN4O2/c1-21(2,3)23-19(27)15-24(4)20(28)16-26-11-5-10-25(12-13-26)14-17-6-8-18(22)9-7-17/h6-9H,5,10-16H2,1-4H3,(H,23,27). The molecule has 0 aromatic heterocycles. The minimum absolute atomic E-state index is 0.0183. The molecule has 2 rings (SSSR count). The highest BCUT2D eigenvalue weighted by molar-refractivity contribution is 6.30. The molecular formula is C21H33ClN4O2. The molecule has 0 aliphatic carbocycles. The minimum Gasteiger partial charge on any atom is -0.350 e. The van der Waals surface area contributed by atoms with Crippen molar-refractivity contribution in [2.75, 3.05) is 46.3 Å². The molecule has 0 spiro atoms. The van der Waals surface area contributed by atoms with Crippen molar-refractivity contribution in [3.63, 3.8) is 0 Å². The van der Waals surface area contributed by atoms with Crippen LogP contribution in [-0.2, 0) is 16.1 Å². The predicted octanol–water partition coefficient (Wildman–Crippen LogP) is 2.22. The number of hydrogen-bond donors (Lipinski definition) is 1. The van der Waals surface area contributed by atoms with Crippen molar-refractivity contribution in [3.8, 4) is 0 Å². The van der Waals surface area contributed by atoms with Crippen molar-refractivity contribution < 1.29 is 9.59 Å². The average molecular weight is 409 g/mol. The quantitative estimate of drug-likeness (QED) is 0.784.